The molecule has 0 fully saturated rings. The lowest BCUT2D eigenvalue weighted by atomic mass is 9.92. The van der Waals surface area contributed by atoms with Crippen molar-refractivity contribution >= 4 is 163 Å². The van der Waals surface area contributed by atoms with Crippen molar-refractivity contribution < 1.29 is 13.3 Å². The van der Waals surface area contributed by atoms with Crippen LogP contribution in [0.5, 0.6) is 0 Å². The zero-order valence-corrected chi connectivity index (χ0v) is 78.6. The second-order valence-electron chi connectivity index (χ2n) is 36.9. The highest BCUT2D eigenvalue weighted by Crippen LogP contribution is 2.48. The molecule has 9 aromatic heterocycles. The molecule has 0 spiro atoms. The number of nitrogens with zero attached hydrogens (tertiary/aromatic N) is 12. The average Bonchev–Trinajstić information content (AvgIpc) is 1.62. The van der Waals surface area contributed by atoms with Crippen LogP contribution in [0.2, 0.25) is 0 Å². The van der Waals surface area contributed by atoms with Gasteiger partial charge in [0.1, 0.15) is 33.5 Å². The molecule has 0 N–H and O–H groups in total. The Hall–Kier alpha value is -20.2. The Labute approximate surface area is 839 Å². The van der Waals surface area contributed by atoms with Crippen LogP contribution in [0, 0.1) is 0 Å². The fraction of sp³-hybridized carbons (Fsp3) is 0. The summed E-state index contributed by atoms with van der Waals surface area (Å²) in [5, 5.41) is 25.4. The van der Waals surface area contributed by atoms with Gasteiger partial charge in [-0.2, -0.15) is 0 Å². The van der Waals surface area contributed by atoms with Crippen LogP contribution in [-0.2, 0) is 0 Å². The average molecular weight is 1880 g/mol. The number of benzene rings is 21. The van der Waals surface area contributed by atoms with Gasteiger partial charge in [-0.25, -0.2) is 44.9 Å². The smallest absolute Gasteiger partial charge is 0.164 e. The number of furan rings is 3. The molecule has 0 aliphatic rings. The van der Waals surface area contributed by atoms with Gasteiger partial charge in [-0.15, -0.1) is 0 Å². The molecule has 15 nitrogen and oxygen atoms in total. The van der Waals surface area contributed by atoms with Crippen LogP contribution in [0.3, 0.4) is 0 Å². The van der Waals surface area contributed by atoms with Gasteiger partial charge in [0.2, 0.25) is 0 Å². The second-order valence-corrected chi connectivity index (χ2v) is 36.9. The maximum Gasteiger partial charge on any atom is 0.164 e. The summed E-state index contributed by atoms with van der Waals surface area (Å²) in [7, 11) is 0. The monoisotopic (exact) mass is 1880 g/mol. The van der Waals surface area contributed by atoms with Gasteiger partial charge in [-0.05, 0) is 200 Å². The highest BCUT2D eigenvalue weighted by Gasteiger charge is 2.26. The van der Waals surface area contributed by atoms with Crippen molar-refractivity contribution in [2.45, 2.75) is 0 Å². The van der Waals surface area contributed by atoms with E-state index in [1.165, 1.54) is 16.2 Å². The van der Waals surface area contributed by atoms with Crippen LogP contribution in [0.25, 0.3) is 299 Å². The molecule has 9 heterocycles. The molecular weight excluding hydrogens is 1800 g/mol. The van der Waals surface area contributed by atoms with Crippen molar-refractivity contribution in [2.75, 3.05) is 0 Å². The molecular formula is C132H78N12O3. The molecule has 0 aliphatic heterocycles. The molecule has 0 atom stereocenters. The molecule has 684 valence electrons. The molecule has 0 radical (unpaired) electrons. The molecule has 0 unspecified atom stereocenters. The number of rotatable bonds is 12. The van der Waals surface area contributed by atoms with Gasteiger partial charge in [-0.3, -0.25) is 15.0 Å². The van der Waals surface area contributed by atoms with Gasteiger partial charge in [0, 0.05) is 130 Å². The van der Waals surface area contributed by atoms with E-state index in [0.29, 0.717) is 52.4 Å². The fourth-order valence-corrected chi connectivity index (χ4v) is 21.1. The molecule has 0 saturated carbocycles. The van der Waals surface area contributed by atoms with Crippen LogP contribution < -0.4 is 0 Å². The molecule has 30 rings (SSSR count). The van der Waals surface area contributed by atoms with Crippen LogP contribution in [0.4, 0.5) is 0 Å². The Kier molecular flexibility index (Phi) is 20.5. The quantitative estimate of drug-likeness (QED) is 0.112. The number of hydrogen-bond donors (Lipinski definition) is 0. The second kappa shape index (κ2) is 35.6. The van der Waals surface area contributed by atoms with Gasteiger partial charge in [0.25, 0.3) is 0 Å². The Morgan fingerprint density at radius 3 is 0.796 bits per heavy atom. The summed E-state index contributed by atoms with van der Waals surface area (Å²) in [6, 6.07) is 153. The van der Waals surface area contributed by atoms with Gasteiger partial charge in [0.15, 0.2) is 52.4 Å². The van der Waals surface area contributed by atoms with Gasteiger partial charge in [-0.1, -0.05) is 352 Å². The largest absolute Gasteiger partial charge is 0.456 e. The highest BCUT2D eigenvalue weighted by molar-refractivity contribution is 6.22. The molecule has 0 saturated heterocycles. The normalized spacial score (nSPS) is 11.7. The lowest BCUT2D eigenvalue weighted by molar-refractivity contribution is 0.669. The molecule has 15 heteroatoms. The van der Waals surface area contributed by atoms with Crippen LogP contribution in [0.15, 0.2) is 487 Å². The lowest BCUT2D eigenvalue weighted by Gasteiger charge is -2.13. The minimum Gasteiger partial charge on any atom is -0.456 e. The first-order valence-corrected chi connectivity index (χ1v) is 48.9. The molecule has 21 aromatic carbocycles. The minimum absolute atomic E-state index is 0.629. The van der Waals surface area contributed by atoms with Crippen molar-refractivity contribution in [3.05, 3.63) is 474 Å². The van der Waals surface area contributed by atoms with Crippen LogP contribution in [0.1, 0.15) is 0 Å². The molecule has 0 aliphatic carbocycles. The Morgan fingerprint density at radius 2 is 0.415 bits per heavy atom. The Morgan fingerprint density at radius 1 is 0.143 bits per heavy atom. The minimum atomic E-state index is 0.629. The maximum absolute atomic E-state index is 6.42. The number of fused-ring (bicyclic) bond motifs is 18. The summed E-state index contributed by atoms with van der Waals surface area (Å²) in [4.78, 5) is 58.9. The first kappa shape index (κ1) is 84.9. The van der Waals surface area contributed by atoms with E-state index in [0.717, 1.165) is 230 Å². The first-order chi connectivity index (χ1) is 72.8. The van der Waals surface area contributed by atoms with Crippen molar-refractivity contribution in [1.29, 1.82) is 0 Å². The number of hydrogen-bond acceptors (Lipinski definition) is 15. The predicted octanol–water partition coefficient (Wildman–Crippen LogP) is 33.9. The third-order valence-electron chi connectivity index (χ3n) is 28.1. The van der Waals surface area contributed by atoms with E-state index in [4.69, 9.17) is 58.1 Å². The number of pyridine rings is 3. The summed E-state index contributed by atoms with van der Waals surface area (Å²) in [5.74, 6) is 5.72. The van der Waals surface area contributed by atoms with E-state index in [1.54, 1.807) is 0 Å². The summed E-state index contributed by atoms with van der Waals surface area (Å²) >= 11 is 0. The van der Waals surface area contributed by atoms with Gasteiger partial charge >= 0.3 is 0 Å². The third kappa shape index (κ3) is 15.3. The van der Waals surface area contributed by atoms with E-state index >= 15 is 0 Å². The van der Waals surface area contributed by atoms with E-state index in [-0.39, 0.29) is 0 Å². The standard InChI is InChI=1S/3C44H26N4O/c1-2-11-28(12-3-1)42-46-43(31-22-21-27-10-4-5-13-29(27)24-31)48-44(47-42)36-19-7-15-32-33(16-6-17-34(32)36)35-18-8-20-39-41(35)37-26-38-30(14-9-23-45-38)25-40(37)49-39;1-2-10-28(11-3-1)42-46-43(31-20-19-27-9-4-5-12-29(27)23-31)48-44(47-42)37-17-7-13-33-34(14-6-15-35(33)37)36-16-8-18-39-41(36)38-24-32-26-45-22-21-30(32)25-40(38)49-39;1-2-10-28(11-3-1)42-46-43(31-20-19-27-9-4-5-12-29(27)23-31)48-44(47-42)37-17-7-13-33-34(14-6-15-35(33)37)36-16-8-18-39-41(36)38-24-30-21-22-45-26-32(30)25-40(38)49-39/h3*1-26H. The Balaban J connectivity index is 0.000000107. The highest BCUT2D eigenvalue weighted by atomic mass is 16.3. The lowest BCUT2D eigenvalue weighted by Crippen LogP contribution is -2.00. The Bertz CT molecular complexity index is 9630. The van der Waals surface area contributed by atoms with E-state index < -0.39 is 0 Å². The molecule has 0 bridgehead atoms. The van der Waals surface area contributed by atoms with E-state index in [9.17, 15) is 0 Å². The van der Waals surface area contributed by atoms with Crippen molar-refractivity contribution in [1.82, 2.24) is 59.8 Å². The summed E-state index contributed by atoms with van der Waals surface area (Å²) in [5.41, 5.74) is 21.2. The predicted molar refractivity (Wildman–Crippen MR) is 597 cm³/mol. The third-order valence-corrected chi connectivity index (χ3v) is 28.1. The molecule has 0 amide bonds. The SMILES string of the molecule is c1ccc(-c2nc(-c3ccc4ccccc4c3)nc(-c3cccc4c(-c5cccc6oc7cc8cccnc8cc7c56)cccc34)n2)cc1.c1ccc(-c2nc(-c3ccc4ccccc4c3)nc(-c3cccc4c(-c5cccc6oc7cc8ccncc8cc7c56)cccc34)n2)cc1.c1ccc(-c2nc(-c3ccc4ccccc4c3)nc(-c3cccc4c(-c5cccc6oc7cc8cnccc8cc7c56)cccc34)n2)cc1. The van der Waals surface area contributed by atoms with Gasteiger partial charge in [0.05, 0.1) is 5.52 Å². The fourth-order valence-electron chi connectivity index (χ4n) is 21.1. The summed E-state index contributed by atoms with van der Waals surface area (Å²) in [6.07, 6.45) is 9.27. The van der Waals surface area contributed by atoms with Gasteiger partial charge < -0.3 is 13.3 Å². The van der Waals surface area contributed by atoms with Crippen LogP contribution >= 0.6 is 0 Å². The first-order valence-electron chi connectivity index (χ1n) is 48.9. The zero-order valence-electron chi connectivity index (χ0n) is 78.6. The van der Waals surface area contributed by atoms with Crippen molar-refractivity contribution in [2.24, 2.45) is 0 Å². The maximum atomic E-state index is 6.42. The summed E-state index contributed by atoms with van der Waals surface area (Å²) in [6.45, 7) is 0. The van der Waals surface area contributed by atoms with Crippen molar-refractivity contribution in [3.63, 3.8) is 0 Å². The topological polar surface area (TPSA) is 194 Å². The zero-order chi connectivity index (χ0) is 96.9. The van der Waals surface area contributed by atoms with Crippen LogP contribution in [-0.4, -0.2) is 59.8 Å². The van der Waals surface area contributed by atoms with E-state index in [2.05, 4.69) is 330 Å². The number of aromatic nitrogens is 12. The van der Waals surface area contributed by atoms with E-state index in [1.807, 2.05) is 158 Å². The van der Waals surface area contributed by atoms with Crippen molar-refractivity contribution in [3.8, 4) is 136 Å². The molecule has 30 aromatic rings. The molecule has 147 heavy (non-hydrogen) atoms. The summed E-state index contributed by atoms with van der Waals surface area (Å²) < 4.78 is 19.2.